The second kappa shape index (κ2) is 19.0. The first kappa shape index (κ1) is 33.8. The van der Waals surface area contributed by atoms with Gasteiger partial charge in [0.05, 0.1) is 26.6 Å². The molecule has 0 radical (unpaired) electrons. The van der Waals surface area contributed by atoms with Gasteiger partial charge in [0.15, 0.2) is 0 Å². The Morgan fingerprint density at radius 1 is 1.06 bits per heavy atom. The molecule has 1 amide bonds. The Kier molecular flexibility index (Phi) is 20.7. The van der Waals surface area contributed by atoms with Crippen molar-refractivity contribution in [2.45, 2.75) is 84.3 Å². The fourth-order valence-corrected chi connectivity index (χ4v) is 3.33. The number of carbonyl (C=O) groups excluding carboxylic acids is 1. The average molecular weight is 473 g/mol. The van der Waals surface area contributed by atoms with Crippen molar-refractivity contribution >= 4 is 13.7 Å². The van der Waals surface area contributed by atoms with E-state index in [1.54, 1.807) is 24.3 Å². The smallest absolute Gasteiger partial charge is 0.790 e. The Bertz CT molecular complexity index is 655. The number of hydrogen-bond donors (Lipinski definition) is 1. The van der Waals surface area contributed by atoms with Gasteiger partial charge in [-0.1, -0.05) is 58.6 Å². The molecule has 0 heterocycles. The van der Waals surface area contributed by atoms with Crippen molar-refractivity contribution < 1.29 is 87.5 Å². The Labute approximate surface area is 231 Å². The van der Waals surface area contributed by atoms with Crippen LogP contribution in [0.15, 0.2) is 24.3 Å². The summed E-state index contributed by atoms with van der Waals surface area (Å²) in [4.78, 5) is 34.2. The first-order chi connectivity index (χ1) is 13.8. The maximum Gasteiger partial charge on any atom is 1.00 e. The van der Waals surface area contributed by atoms with Gasteiger partial charge in [-0.3, -0.25) is 4.79 Å². The van der Waals surface area contributed by atoms with E-state index in [9.17, 15) is 19.1 Å². The van der Waals surface area contributed by atoms with Gasteiger partial charge in [0, 0.05) is 6.42 Å². The Balaban J connectivity index is 0. The van der Waals surface area contributed by atoms with E-state index in [-0.39, 0.29) is 71.1 Å². The monoisotopic (exact) mass is 473 g/mol. The van der Waals surface area contributed by atoms with Gasteiger partial charge in [-0.15, -0.1) is 0 Å². The van der Waals surface area contributed by atoms with Crippen LogP contribution in [0, 0.1) is 0 Å². The van der Waals surface area contributed by atoms with Gasteiger partial charge in [-0.25, -0.2) is 0 Å². The number of phosphoric acid groups is 1. The number of nitrogens with one attached hydrogen (secondary N) is 1. The van der Waals surface area contributed by atoms with Gasteiger partial charge in [-0.2, -0.15) is 0 Å². The van der Waals surface area contributed by atoms with Gasteiger partial charge < -0.3 is 28.9 Å². The van der Waals surface area contributed by atoms with Crippen LogP contribution in [0.25, 0.3) is 0 Å². The molecule has 0 aliphatic rings. The van der Waals surface area contributed by atoms with Gasteiger partial charge >= 0.3 is 59.1 Å². The van der Waals surface area contributed by atoms with Crippen molar-refractivity contribution in [3.63, 3.8) is 0 Å². The summed E-state index contributed by atoms with van der Waals surface area (Å²) in [6, 6.07) is 6.32. The summed E-state index contributed by atoms with van der Waals surface area (Å²) in [5.74, 6) is 0.426. The zero-order chi connectivity index (χ0) is 21.7. The molecule has 1 atom stereocenters. The first-order valence-corrected chi connectivity index (χ1v) is 12.0. The number of amides is 1. The van der Waals surface area contributed by atoms with Crippen molar-refractivity contribution in [3.05, 3.63) is 29.8 Å². The first-order valence-electron chi connectivity index (χ1n) is 10.5. The summed E-state index contributed by atoms with van der Waals surface area (Å²) in [5, 5.41) is 2.79. The third-order valence-electron chi connectivity index (χ3n) is 4.72. The van der Waals surface area contributed by atoms with Crippen molar-refractivity contribution in [1.82, 2.24) is 5.32 Å². The molecular weight excluding hydrogens is 439 g/mol. The molecule has 7 nitrogen and oxygen atoms in total. The number of unbranched alkanes of at least 4 members (excludes halogenated alkanes) is 4. The Morgan fingerprint density at radius 3 is 2.29 bits per heavy atom. The number of ether oxygens (including phenoxy) is 1. The zero-order valence-corrected chi connectivity index (χ0v) is 24.6. The molecule has 0 fully saturated rings. The molecule has 1 aromatic carbocycles. The molecule has 0 aromatic heterocycles. The number of carbonyl (C=O) groups is 1. The van der Waals surface area contributed by atoms with Crippen LogP contribution in [0.5, 0.6) is 5.75 Å². The van der Waals surface area contributed by atoms with Crippen LogP contribution in [0.4, 0.5) is 0 Å². The molecule has 0 saturated heterocycles. The SMILES string of the molecule is CCCCCCCC(=O)NC(COP(=O)([O-])[O-])c1cccc(OC(CC)CC)c1.[Na+].[Na+]. The summed E-state index contributed by atoms with van der Waals surface area (Å²) < 4.78 is 21.3. The van der Waals surface area contributed by atoms with Crippen LogP contribution in [-0.2, 0) is 13.9 Å². The molecule has 31 heavy (non-hydrogen) atoms. The third kappa shape index (κ3) is 16.0. The van der Waals surface area contributed by atoms with E-state index in [0.717, 1.165) is 44.9 Å². The van der Waals surface area contributed by atoms with Crippen molar-refractivity contribution in [3.8, 4) is 5.75 Å². The van der Waals surface area contributed by atoms with Crippen LogP contribution in [0.3, 0.4) is 0 Å². The van der Waals surface area contributed by atoms with Crippen molar-refractivity contribution in [2.24, 2.45) is 0 Å². The van der Waals surface area contributed by atoms with Crippen LogP contribution in [-0.4, -0.2) is 18.6 Å². The van der Waals surface area contributed by atoms with Crippen LogP contribution >= 0.6 is 7.82 Å². The second-order valence-electron chi connectivity index (χ2n) is 7.16. The van der Waals surface area contributed by atoms with E-state index in [1.165, 1.54) is 0 Å². The minimum atomic E-state index is -5.14. The molecule has 1 N–H and O–H groups in total. The standard InChI is InChI=1S/C21H36NO6P.2Na/c1-4-7-8-9-10-14-21(23)22-20(16-27-29(24,25)26)17-12-11-13-19(15-17)28-18(5-2)6-3;;/h11-13,15,18,20H,4-10,14,16H2,1-3H3,(H,22,23)(H2,24,25,26);;/q;2*+1/p-2. The topological polar surface area (TPSA) is 111 Å². The summed E-state index contributed by atoms with van der Waals surface area (Å²) in [6.45, 7) is 5.76. The van der Waals surface area contributed by atoms with E-state index in [2.05, 4.69) is 16.8 Å². The summed E-state index contributed by atoms with van der Waals surface area (Å²) in [5.41, 5.74) is 0.626. The molecule has 0 saturated carbocycles. The minimum Gasteiger partial charge on any atom is -0.790 e. The summed E-state index contributed by atoms with van der Waals surface area (Å²) in [6.07, 6.45) is 7.22. The summed E-state index contributed by atoms with van der Waals surface area (Å²) in [7, 11) is -5.14. The maximum absolute atomic E-state index is 12.3. The molecule has 0 aliphatic heterocycles. The zero-order valence-electron chi connectivity index (χ0n) is 19.7. The quantitative estimate of drug-likeness (QED) is 0.173. The molecule has 10 heteroatoms. The predicted octanol–water partition coefficient (Wildman–Crippen LogP) is -2.37. The average Bonchev–Trinajstić information content (AvgIpc) is 2.68. The molecule has 0 bridgehead atoms. The van der Waals surface area contributed by atoms with E-state index >= 15 is 0 Å². The molecular formula is C21H34NNa2O6P. The predicted molar refractivity (Wildman–Crippen MR) is 109 cm³/mol. The van der Waals surface area contributed by atoms with E-state index < -0.39 is 20.5 Å². The molecule has 166 valence electrons. The Morgan fingerprint density at radius 2 is 1.71 bits per heavy atom. The van der Waals surface area contributed by atoms with Gasteiger partial charge in [0.2, 0.25) is 5.91 Å². The van der Waals surface area contributed by atoms with Crippen LogP contribution < -0.4 is 79.0 Å². The molecule has 1 unspecified atom stereocenters. The van der Waals surface area contributed by atoms with E-state index in [0.29, 0.717) is 17.7 Å². The van der Waals surface area contributed by atoms with Crippen molar-refractivity contribution in [2.75, 3.05) is 6.61 Å². The number of hydrogen-bond acceptors (Lipinski definition) is 6. The normalized spacial score (nSPS) is 11.9. The fraction of sp³-hybridized carbons (Fsp3) is 0.667. The van der Waals surface area contributed by atoms with Crippen LogP contribution in [0.1, 0.15) is 83.7 Å². The number of benzene rings is 1. The van der Waals surface area contributed by atoms with Gasteiger partial charge in [0.25, 0.3) is 0 Å². The molecule has 0 aliphatic carbocycles. The summed E-state index contributed by atoms with van der Waals surface area (Å²) >= 11 is 0. The third-order valence-corrected chi connectivity index (χ3v) is 5.18. The Hall–Kier alpha value is 0.600. The van der Waals surface area contributed by atoms with E-state index in [4.69, 9.17) is 4.74 Å². The largest absolute Gasteiger partial charge is 1.00 e. The van der Waals surface area contributed by atoms with Crippen LogP contribution in [0.2, 0.25) is 0 Å². The number of phosphoric ester groups is 1. The number of rotatable bonds is 15. The molecule has 0 spiro atoms. The molecule has 1 aromatic rings. The van der Waals surface area contributed by atoms with E-state index in [1.807, 2.05) is 13.8 Å². The molecule has 1 rings (SSSR count). The van der Waals surface area contributed by atoms with Gasteiger partial charge in [0.1, 0.15) is 5.75 Å². The van der Waals surface area contributed by atoms with Gasteiger partial charge in [-0.05, 0) is 37.0 Å². The second-order valence-corrected chi connectivity index (χ2v) is 8.31. The van der Waals surface area contributed by atoms with Crippen molar-refractivity contribution in [1.29, 1.82) is 0 Å². The maximum atomic E-state index is 12.3. The fourth-order valence-electron chi connectivity index (χ4n) is 3.00. The minimum absolute atomic E-state index is 0.